The van der Waals surface area contributed by atoms with Crippen molar-refractivity contribution in [3.05, 3.63) is 54.4 Å². The molecule has 3 aromatic rings. The minimum Gasteiger partial charge on any atom is -0.353 e. The second-order valence-electron chi connectivity index (χ2n) is 6.68. The first-order valence-corrected chi connectivity index (χ1v) is 9.07. The minimum atomic E-state index is 0.196. The summed E-state index contributed by atoms with van der Waals surface area (Å²) in [5.74, 6) is 1.18. The lowest BCUT2D eigenvalue weighted by molar-refractivity contribution is -0.131. The van der Waals surface area contributed by atoms with Gasteiger partial charge in [0.1, 0.15) is 5.82 Å². The van der Waals surface area contributed by atoms with Gasteiger partial charge in [0.25, 0.3) is 0 Å². The zero-order valence-corrected chi connectivity index (χ0v) is 15.0. The normalized spacial score (nSPS) is 14.8. The summed E-state index contributed by atoms with van der Waals surface area (Å²) in [4.78, 5) is 21.2. The zero-order valence-electron chi connectivity index (χ0n) is 15.0. The molecule has 0 bridgehead atoms. The second kappa shape index (κ2) is 7.15. The van der Waals surface area contributed by atoms with Gasteiger partial charge in [0, 0.05) is 44.2 Å². The molecule has 1 fully saturated rings. The molecule has 1 aliphatic heterocycles. The van der Waals surface area contributed by atoms with E-state index in [1.807, 2.05) is 46.2 Å². The Morgan fingerprint density at radius 3 is 2.69 bits per heavy atom. The van der Waals surface area contributed by atoms with Crippen LogP contribution >= 0.6 is 0 Å². The first kappa shape index (κ1) is 16.6. The number of hydrogen-bond donors (Lipinski definition) is 0. The predicted molar refractivity (Wildman–Crippen MR) is 102 cm³/mol. The number of nitrogens with zero attached hydrogens (tertiary/aromatic N) is 5. The van der Waals surface area contributed by atoms with Crippen LogP contribution in [0.3, 0.4) is 0 Å². The lowest BCUT2D eigenvalue weighted by Crippen LogP contribution is -2.49. The Bertz CT molecular complexity index is 897. The summed E-state index contributed by atoms with van der Waals surface area (Å²) in [5.41, 5.74) is 2.31. The molecule has 1 aromatic carbocycles. The molecule has 0 N–H and O–H groups in total. The van der Waals surface area contributed by atoms with E-state index in [0.717, 1.165) is 42.9 Å². The Balaban J connectivity index is 1.34. The Morgan fingerprint density at radius 1 is 1.08 bits per heavy atom. The maximum absolute atomic E-state index is 12.6. The third-order valence-corrected chi connectivity index (χ3v) is 5.05. The molecule has 0 saturated carbocycles. The van der Waals surface area contributed by atoms with Gasteiger partial charge in [0.15, 0.2) is 0 Å². The standard InChI is InChI=1S/C20H23N5O/c1-16-5-4-6-18-17(16)15-22-25(18)10-8-20(26)24-13-11-23(12-14-24)19-7-2-3-9-21-19/h2-7,9,15H,8,10-14H2,1H3. The van der Waals surface area contributed by atoms with E-state index in [1.54, 1.807) is 0 Å². The quantitative estimate of drug-likeness (QED) is 0.726. The van der Waals surface area contributed by atoms with Crippen molar-refractivity contribution in [1.82, 2.24) is 19.7 Å². The summed E-state index contributed by atoms with van der Waals surface area (Å²) in [5, 5.41) is 5.61. The highest BCUT2D eigenvalue weighted by atomic mass is 16.2. The molecule has 3 heterocycles. The van der Waals surface area contributed by atoms with E-state index in [0.29, 0.717) is 13.0 Å². The highest BCUT2D eigenvalue weighted by Gasteiger charge is 2.21. The summed E-state index contributed by atoms with van der Waals surface area (Å²) < 4.78 is 1.93. The lowest BCUT2D eigenvalue weighted by atomic mass is 10.1. The summed E-state index contributed by atoms with van der Waals surface area (Å²) in [7, 11) is 0. The van der Waals surface area contributed by atoms with Gasteiger partial charge < -0.3 is 9.80 Å². The van der Waals surface area contributed by atoms with Gasteiger partial charge in [-0.05, 0) is 30.7 Å². The van der Waals surface area contributed by atoms with Crippen LogP contribution in [-0.4, -0.2) is 51.8 Å². The third-order valence-electron chi connectivity index (χ3n) is 5.05. The van der Waals surface area contributed by atoms with Gasteiger partial charge in [-0.3, -0.25) is 9.48 Å². The van der Waals surface area contributed by atoms with Crippen molar-refractivity contribution < 1.29 is 4.79 Å². The fourth-order valence-electron chi connectivity index (χ4n) is 3.51. The van der Waals surface area contributed by atoms with E-state index in [2.05, 4.69) is 34.0 Å². The predicted octanol–water partition coefficient (Wildman–Crippen LogP) is 2.48. The average Bonchev–Trinajstić information content (AvgIpc) is 3.11. The van der Waals surface area contributed by atoms with Crippen LogP contribution in [0.1, 0.15) is 12.0 Å². The molecular formula is C20H23N5O. The number of anilines is 1. The van der Waals surface area contributed by atoms with E-state index < -0.39 is 0 Å². The van der Waals surface area contributed by atoms with E-state index in [1.165, 1.54) is 5.56 Å². The number of pyridine rings is 1. The first-order chi connectivity index (χ1) is 12.7. The van der Waals surface area contributed by atoms with E-state index >= 15 is 0 Å². The zero-order chi connectivity index (χ0) is 17.9. The topological polar surface area (TPSA) is 54.3 Å². The van der Waals surface area contributed by atoms with Crippen molar-refractivity contribution in [2.24, 2.45) is 0 Å². The number of fused-ring (bicyclic) bond motifs is 1. The SMILES string of the molecule is Cc1cccc2c1cnn2CCC(=O)N1CCN(c2ccccn2)CC1. The first-order valence-electron chi connectivity index (χ1n) is 9.07. The molecule has 0 radical (unpaired) electrons. The van der Waals surface area contributed by atoms with E-state index in [-0.39, 0.29) is 5.91 Å². The smallest absolute Gasteiger partial charge is 0.224 e. The number of carbonyl (C=O) groups is 1. The van der Waals surface area contributed by atoms with Crippen molar-refractivity contribution in [2.45, 2.75) is 19.9 Å². The molecular weight excluding hydrogens is 326 g/mol. The van der Waals surface area contributed by atoms with Crippen molar-refractivity contribution in [1.29, 1.82) is 0 Å². The van der Waals surface area contributed by atoms with Gasteiger partial charge in [-0.15, -0.1) is 0 Å². The van der Waals surface area contributed by atoms with Gasteiger partial charge in [0.2, 0.25) is 5.91 Å². The molecule has 1 aliphatic rings. The minimum absolute atomic E-state index is 0.196. The molecule has 134 valence electrons. The van der Waals surface area contributed by atoms with Crippen LogP contribution in [-0.2, 0) is 11.3 Å². The summed E-state index contributed by atoms with van der Waals surface area (Å²) in [6, 6.07) is 12.1. The van der Waals surface area contributed by atoms with Gasteiger partial charge in [-0.1, -0.05) is 18.2 Å². The number of aromatic nitrogens is 3. The average molecular weight is 349 g/mol. The highest BCUT2D eigenvalue weighted by Crippen LogP contribution is 2.18. The van der Waals surface area contributed by atoms with Crippen LogP contribution < -0.4 is 4.90 Å². The number of carbonyl (C=O) groups excluding carboxylic acids is 1. The van der Waals surface area contributed by atoms with E-state index in [4.69, 9.17) is 0 Å². The van der Waals surface area contributed by atoms with Crippen LogP contribution in [0.4, 0.5) is 5.82 Å². The summed E-state index contributed by atoms with van der Waals surface area (Å²) in [6.45, 7) is 5.84. The molecule has 0 spiro atoms. The molecule has 1 amide bonds. The maximum Gasteiger partial charge on any atom is 0.224 e. The monoisotopic (exact) mass is 349 g/mol. The Kier molecular flexibility index (Phi) is 4.56. The van der Waals surface area contributed by atoms with Gasteiger partial charge in [-0.2, -0.15) is 5.10 Å². The fraction of sp³-hybridized carbons (Fsp3) is 0.350. The van der Waals surface area contributed by atoms with Crippen molar-refractivity contribution in [2.75, 3.05) is 31.1 Å². The Morgan fingerprint density at radius 2 is 1.92 bits per heavy atom. The summed E-state index contributed by atoms with van der Waals surface area (Å²) >= 11 is 0. The molecule has 0 unspecified atom stereocenters. The van der Waals surface area contributed by atoms with Crippen LogP contribution in [0.15, 0.2) is 48.8 Å². The van der Waals surface area contributed by atoms with Crippen molar-refractivity contribution >= 4 is 22.6 Å². The molecule has 0 aliphatic carbocycles. The number of piperazine rings is 1. The number of benzene rings is 1. The van der Waals surface area contributed by atoms with Gasteiger partial charge in [0.05, 0.1) is 18.3 Å². The number of hydrogen-bond acceptors (Lipinski definition) is 4. The third kappa shape index (κ3) is 3.27. The van der Waals surface area contributed by atoms with Crippen LogP contribution in [0.25, 0.3) is 10.9 Å². The van der Waals surface area contributed by atoms with Crippen LogP contribution in [0, 0.1) is 6.92 Å². The van der Waals surface area contributed by atoms with E-state index in [9.17, 15) is 4.79 Å². The highest BCUT2D eigenvalue weighted by molar-refractivity contribution is 5.82. The Hall–Kier alpha value is -2.89. The molecule has 6 nitrogen and oxygen atoms in total. The molecule has 26 heavy (non-hydrogen) atoms. The lowest BCUT2D eigenvalue weighted by Gasteiger charge is -2.35. The largest absolute Gasteiger partial charge is 0.353 e. The number of rotatable bonds is 4. The molecule has 1 saturated heterocycles. The molecule has 4 rings (SSSR count). The molecule has 6 heteroatoms. The Labute approximate surface area is 153 Å². The van der Waals surface area contributed by atoms with Crippen molar-refractivity contribution in [3.63, 3.8) is 0 Å². The van der Waals surface area contributed by atoms with Crippen LogP contribution in [0.5, 0.6) is 0 Å². The van der Waals surface area contributed by atoms with Crippen molar-refractivity contribution in [3.8, 4) is 0 Å². The van der Waals surface area contributed by atoms with Gasteiger partial charge in [-0.25, -0.2) is 4.98 Å². The summed E-state index contributed by atoms with van der Waals surface area (Å²) in [6.07, 6.45) is 4.18. The second-order valence-corrected chi connectivity index (χ2v) is 6.68. The number of aryl methyl sites for hydroxylation is 2. The molecule has 2 aromatic heterocycles. The fourth-order valence-corrected chi connectivity index (χ4v) is 3.51. The number of amides is 1. The van der Waals surface area contributed by atoms with Crippen LogP contribution in [0.2, 0.25) is 0 Å². The van der Waals surface area contributed by atoms with Gasteiger partial charge >= 0.3 is 0 Å². The maximum atomic E-state index is 12.6. The molecule has 0 atom stereocenters.